The van der Waals surface area contributed by atoms with Crippen LogP contribution in [0, 0.1) is 0 Å². The second-order valence-corrected chi connectivity index (χ2v) is 8.86. The number of anilines is 1. The van der Waals surface area contributed by atoms with E-state index in [9.17, 15) is 4.79 Å². The highest BCUT2D eigenvalue weighted by atomic mass is 35.5. The highest BCUT2D eigenvalue weighted by molar-refractivity contribution is 7.22. The molecule has 3 heterocycles. The van der Waals surface area contributed by atoms with Crippen molar-refractivity contribution in [3.05, 3.63) is 76.6 Å². The molecule has 4 nitrogen and oxygen atoms in total. The van der Waals surface area contributed by atoms with Gasteiger partial charge in [0.05, 0.1) is 36.2 Å². The van der Waals surface area contributed by atoms with Gasteiger partial charge in [0.1, 0.15) is 0 Å². The summed E-state index contributed by atoms with van der Waals surface area (Å²) in [7, 11) is 0. The number of aromatic nitrogens is 2. The van der Waals surface area contributed by atoms with E-state index in [-0.39, 0.29) is 5.91 Å². The van der Waals surface area contributed by atoms with Crippen LogP contribution in [0.15, 0.2) is 66.7 Å². The predicted molar refractivity (Wildman–Crippen MR) is 118 cm³/mol. The zero-order chi connectivity index (χ0) is 19.1. The minimum Gasteiger partial charge on any atom is -0.298 e. The number of nitrogens with one attached hydrogen (secondary N) is 1. The number of carbonyl (C=O) groups is 1. The topological polar surface area (TPSA) is 54.9 Å². The molecule has 0 atom stereocenters. The Balaban J connectivity index is 1.59. The van der Waals surface area contributed by atoms with Crippen molar-refractivity contribution in [1.82, 2.24) is 9.97 Å². The first kappa shape index (κ1) is 17.3. The number of halogens is 1. The van der Waals surface area contributed by atoms with Gasteiger partial charge in [-0.25, -0.2) is 9.97 Å². The Hall–Kier alpha value is -2.80. The molecular formula is C21H12ClN3OS2. The number of fused-ring (bicyclic) bond motifs is 2. The van der Waals surface area contributed by atoms with Gasteiger partial charge in [0.15, 0.2) is 5.13 Å². The molecule has 0 bridgehead atoms. The zero-order valence-electron chi connectivity index (χ0n) is 14.3. The fourth-order valence-corrected chi connectivity index (χ4v) is 4.90. The number of hydrogen-bond donors (Lipinski definition) is 1. The lowest BCUT2D eigenvalue weighted by Gasteiger charge is -2.08. The maximum Gasteiger partial charge on any atom is 0.258 e. The summed E-state index contributed by atoms with van der Waals surface area (Å²) in [5, 5.41) is 4.32. The summed E-state index contributed by atoms with van der Waals surface area (Å²) in [6.45, 7) is 0. The smallest absolute Gasteiger partial charge is 0.258 e. The molecule has 3 aromatic heterocycles. The molecule has 2 aromatic carbocycles. The van der Waals surface area contributed by atoms with Gasteiger partial charge in [-0.05, 0) is 36.4 Å². The Morgan fingerprint density at radius 2 is 1.68 bits per heavy atom. The number of thiophene rings is 1. The molecule has 0 aliphatic heterocycles. The molecule has 7 heteroatoms. The van der Waals surface area contributed by atoms with Crippen molar-refractivity contribution < 1.29 is 4.79 Å². The van der Waals surface area contributed by atoms with Gasteiger partial charge < -0.3 is 0 Å². The monoisotopic (exact) mass is 421 g/mol. The van der Waals surface area contributed by atoms with Crippen molar-refractivity contribution in [2.75, 3.05) is 5.32 Å². The molecule has 136 valence electrons. The van der Waals surface area contributed by atoms with E-state index >= 15 is 0 Å². The maximum atomic E-state index is 13.1. The van der Waals surface area contributed by atoms with Gasteiger partial charge in [0.2, 0.25) is 0 Å². The van der Waals surface area contributed by atoms with Gasteiger partial charge in [-0.2, -0.15) is 0 Å². The third kappa shape index (κ3) is 3.16. The van der Waals surface area contributed by atoms with Crippen molar-refractivity contribution in [3.63, 3.8) is 0 Å². The van der Waals surface area contributed by atoms with Gasteiger partial charge in [0.25, 0.3) is 5.91 Å². The van der Waals surface area contributed by atoms with E-state index in [1.54, 1.807) is 0 Å². The van der Waals surface area contributed by atoms with E-state index in [0.717, 1.165) is 31.7 Å². The number of carbonyl (C=O) groups excluding carboxylic acids is 1. The van der Waals surface area contributed by atoms with Gasteiger partial charge in [-0.3, -0.25) is 10.1 Å². The third-order valence-electron chi connectivity index (χ3n) is 4.30. The van der Waals surface area contributed by atoms with Crippen LogP contribution in [0.5, 0.6) is 0 Å². The van der Waals surface area contributed by atoms with Crippen LogP contribution in [-0.4, -0.2) is 15.9 Å². The highest BCUT2D eigenvalue weighted by Crippen LogP contribution is 2.33. The lowest BCUT2D eigenvalue weighted by Crippen LogP contribution is -2.12. The van der Waals surface area contributed by atoms with Gasteiger partial charge in [-0.15, -0.1) is 11.3 Å². The minimum atomic E-state index is -0.207. The minimum absolute atomic E-state index is 0.207. The number of para-hydroxylation sites is 2. The summed E-state index contributed by atoms with van der Waals surface area (Å²) in [6, 6.07) is 21.0. The fourth-order valence-electron chi connectivity index (χ4n) is 3.03. The van der Waals surface area contributed by atoms with Gasteiger partial charge in [-0.1, -0.05) is 53.3 Å². The molecule has 0 fully saturated rings. The quantitative estimate of drug-likeness (QED) is 0.362. The SMILES string of the molecule is O=C(Nc1nc2ccccc2s1)c1cc(-c2ccc(Cl)s2)nc2ccccc12. The van der Waals surface area contributed by atoms with Crippen LogP contribution >= 0.6 is 34.3 Å². The van der Waals surface area contributed by atoms with Crippen LogP contribution in [-0.2, 0) is 0 Å². The molecule has 1 N–H and O–H groups in total. The lowest BCUT2D eigenvalue weighted by molar-refractivity contribution is 0.102. The van der Waals surface area contributed by atoms with Gasteiger partial charge in [0, 0.05) is 5.39 Å². The molecule has 0 saturated heterocycles. The molecule has 1 amide bonds. The Morgan fingerprint density at radius 3 is 2.46 bits per heavy atom. The van der Waals surface area contributed by atoms with E-state index in [4.69, 9.17) is 16.6 Å². The van der Waals surface area contributed by atoms with Crippen molar-refractivity contribution in [1.29, 1.82) is 0 Å². The summed E-state index contributed by atoms with van der Waals surface area (Å²) in [5.74, 6) is -0.207. The summed E-state index contributed by atoms with van der Waals surface area (Å²) in [6.07, 6.45) is 0. The lowest BCUT2D eigenvalue weighted by atomic mass is 10.1. The Morgan fingerprint density at radius 1 is 0.893 bits per heavy atom. The zero-order valence-corrected chi connectivity index (χ0v) is 16.7. The number of hydrogen-bond acceptors (Lipinski definition) is 5. The Bertz CT molecular complexity index is 1310. The summed E-state index contributed by atoms with van der Waals surface area (Å²) < 4.78 is 1.72. The summed E-state index contributed by atoms with van der Waals surface area (Å²) in [4.78, 5) is 23.2. The number of benzene rings is 2. The first-order chi connectivity index (χ1) is 13.7. The Labute approximate surface area is 173 Å². The molecule has 0 saturated carbocycles. The van der Waals surface area contributed by atoms with Crippen LogP contribution in [0.25, 0.3) is 31.7 Å². The van der Waals surface area contributed by atoms with E-state index in [0.29, 0.717) is 15.0 Å². The molecule has 0 spiro atoms. The largest absolute Gasteiger partial charge is 0.298 e. The molecular weight excluding hydrogens is 410 g/mol. The first-order valence-corrected chi connectivity index (χ1v) is 10.5. The number of pyridine rings is 1. The summed E-state index contributed by atoms with van der Waals surface area (Å²) >= 11 is 8.97. The molecule has 0 aliphatic rings. The average molecular weight is 422 g/mol. The highest BCUT2D eigenvalue weighted by Gasteiger charge is 2.16. The molecule has 5 aromatic rings. The third-order valence-corrected chi connectivity index (χ3v) is 6.51. The second kappa shape index (κ2) is 6.98. The van der Waals surface area contributed by atoms with Crippen molar-refractivity contribution in [3.8, 4) is 10.6 Å². The van der Waals surface area contributed by atoms with E-state index in [1.165, 1.54) is 22.7 Å². The molecule has 0 radical (unpaired) electrons. The van der Waals surface area contributed by atoms with Crippen molar-refractivity contribution in [2.45, 2.75) is 0 Å². The maximum absolute atomic E-state index is 13.1. The normalized spacial score (nSPS) is 11.2. The van der Waals surface area contributed by atoms with Crippen molar-refractivity contribution >= 4 is 66.4 Å². The number of rotatable bonds is 3. The molecule has 5 rings (SSSR count). The first-order valence-electron chi connectivity index (χ1n) is 8.50. The van der Waals surface area contributed by atoms with Crippen LogP contribution in [0.1, 0.15) is 10.4 Å². The molecule has 28 heavy (non-hydrogen) atoms. The fraction of sp³-hybridized carbons (Fsp3) is 0. The van der Waals surface area contributed by atoms with Crippen LogP contribution in [0.4, 0.5) is 5.13 Å². The van der Waals surface area contributed by atoms with Crippen LogP contribution in [0.3, 0.4) is 0 Å². The van der Waals surface area contributed by atoms with Crippen LogP contribution in [0.2, 0.25) is 4.34 Å². The van der Waals surface area contributed by atoms with E-state index < -0.39 is 0 Å². The molecule has 0 aliphatic carbocycles. The molecule has 0 unspecified atom stereocenters. The van der Waals surface area contributed by atoms with Crippen LogP contribution < -0.4 is 5.32 Å². The van der Waals surface area contributed by atoms with E-state index in [1.807, 2.05) is 66.7 Å². The van der Waals surface area contributed by atoms with E-state index in [2.05, 4.69) is 10.3 Å². The predicted octanol–water partition coefficient (Wildman–Crippen LogP) is 6.48. The summed E-state index contributed by atoms with van der Waals surface area (Å²) in [5.41, 5.74) is 2.92. The number of thiazole rings is 1. The number of amides is 1. The van der Waals surface area contributed by atoms with Crippen molar-refractivity contribution in [2.24, 2.45) is 0 Å². The number of nitrogens with zero attached hydrogens (tertiary/aromatic N) is 2. The average Bonchev–Trinajstić information content (AvgIpc) is 3.32. The Kier molecular flexibility index (Phi) is 4.31. The standard InChI is InChI=1S/C21H12ClN3OS2/c22-19-10-9-18(27-19)16-11-13(12-5-1-2-6-14(12)23-16)20(26)25-21-24-15-7-3-4-8-17(15)28-21/h1-11H,(H,24,25,26). The second-order valence-electron chi connectivity index (χ2n) is 6.12. The van der Waals surface area contributed by atoms with Gasteiger partial charge >= 0.3 is 0 Å².